The summed E-state index contributed by atoms with van der Waals surface area (Å²) in [6.45, 7) is 0. The van der Waals surface area contributed by atoms with Crippen LogP contribution < -0.4 is 0 Å². The third-order valence-electron chi connectivity index (χ3n) is 1.35. The molecule has 1 rings (SSSR count). The van der Waals surface area contributed by atoms with Crippen LogP contribution in [0.3, 0.4) is 0 Å². The molecule has 0 spiro atoms. The van der Waals surface area contributed by atoms with E-state index in [-0.39, 0.29) is 5.56 Å². The highest BCUT2D eigenvalue weighted by Gasteiger charge is 2.10. The second kappa shape index (κ2) is 4.24. The van der Waals surface area contributed by atoms with Crippen LogP contribution in [0.5, 0.6) is 5.75 Å². The van der Waals surface area contributed by atoms with E-state index in [0.29, 0.717) is 5.33 Å². The van der Waals surface area contributed by atoms with Crippen molar-refractivity contribution in [1.82, 2.24) is 0 Å². The molecule has 0 unspecified atom stereocenters. The number of phenols is 1. The van der Waals surface area contributed by atoms with E-state index in [9.17, 15) is 8.78 Å². The van der Waals surface area contributed by atoms with Gasteiger partial charge in [-0.15, -0.1) is 0 Å². The van der Waals surface area contributed by atoms with Gasteiger partial charge in [0.15, 0.2) is 11.6 Å². The van der Waals surface area contributed by atoms with E-state index in [1.165, 1.54) is 6.07 Å². The molecule has 1 aromatic carbocycles. The number of alkyl halides is 1. The molecule has 1 aromatic rings. The first-order valence-electron chi connectivity index (χ1n) is 3.38. The fourth-order valence-electron chi connectivity index (χ4n) is 0.764. The largest absolute Gasteiger partial charge is 0.505 e. The number of aromatic hydroxyl groups is 1. The first-order chi connectivity index (χ1) is 6.16. The van der Waals surface area contributed by atoms with Crippen LogP contribution in [0.1, 0.15) is 5.56 Å². The van der Waals surface area contributed by atoms with Crippen molar-refractivity contribution >= 4 is 15.9 Å². The predicted octanol–water partition coefficient (Wildman–Crippen LogP) is 2.42. The van der Waals surface area contributed by atoms with E-state index in [2.05, 4.69) is 27.8 Å². The van der Waals surface area contributed by atoms with Gasteiger partial charge in [0.25, 0.3) is 0 Å². The molecule has 0 fully saturated rings. The number of benzene rings is 1. The Bertz CT molecular complexity index is 379. The molecule has 0 aliphatic carbocycles. The van der Waals surface area contributed by atoms with Crippen LogP contribution in [0.4, 0.5) is 8.78 Å². The van der Waals surface area contributed by atoms with Crippen LogP contribution in [-0.2, 0) is 0 Å². The summed E-state index contributed by atoms with van der Waals surface area (Å²) in [5, 5.41) is 9.16. The number of phenolic OH excluding ortho intramolecular Hbond substituents is 1. The first kappa shape index (κ1) is 10.0. The maximum absolute atomic E-state index is 12.9. The summed E-state index contributed by atoms with van der Waals surface area (Å²) in [4.78, 5) is 0. The Kier molecular flexibility index (Phi) is 3.26. The van der Waals surface area contributed by atoms with Crippen LogP contribution >= 0.6 is 15.9 Å². The summed E-state index contributed by atoms with van der Waals surface area (Å²) in [6, 6.07) is 2.29. The second-order valence-electron chi connectivity index (χ2n) is 2.20. The van der Waals surface area contributed by atoms with Gasteiger partial charge in [-0.3, -0.25) is 0 Å². The van der Waals surface area contributed by atoms with Gasteiger partial charge in [0.1, 0.15) is 0 Å². The zero-order valence-electron chi connectivity index (χ0n) is 6.44. The van der Waals surface area contributed by atoms with Gasteiger partial charge in [-0.25, -0.2) is 4.39 Å². The lowest BCUT2D eigenvalue weighted by atomic mass is 10.2. The minimum atomic E-state index is -1.26. The smallest absolute Gasteiger partial charge is 0.201 e. The van der Waals surface area contributed by atoms with E-state index >= 15 is 0 Å². The molecule has 4 heteroatoms. The molecular weight excluding hydrogens is 242 g/mol. The third-order valence-corrected chi connectivity index (χ3v) is 1.63. The fraction of sp³-hybridized carbons (Fsp3) is 0.111. The summed E-state index contributed by atoms with van der Waals surface area (Å²) in [5.74, 6) is 1.85. The molecule has 0 aliphatic rings. The Morgan fingerprint density at radius 1 is 1.31 bits per heavy atom. The van der Waals surface area contributed by atoms with E-state index in [1.807, 2.05) is 0 Å². The second-order valence-corrected chi connectivity index (χ2v) is 2.76. The molecule has 1 nitrogen and oxygen atoms in total. The van der Waals surface area contributed by atoms with Crippen molar-refractivity contribution in [2.45, 2.75) is 0 Å². The molecule has 13 heavy (non-hydrogen) atoms. The van der Waals surface area contributed by atoms with Crippen molar-refractivity contribution in [2.24, 2.45) is 0 Å². The Balaban J connectivity index is 3.18. The van der Waals surface area contributed by atoms with Gasteiger partial charge in [-0.1, -0.05) is 27.8 Å². The molecular formula is C9H5BrF2O. The molecule has 0 bridgehead atoms. The van der Waals surface area contributed by atoms with Gasteiger partial charge < -0.3 is 5.11 Å². The fourth-order valence-corrected chi connectivity index (χ4v) is 0.905. The van der Waals surface area contributed by atoms with Crippen LogP contribution in [-0.4, -0.2) is 10.4 Å². The summed E-state index contributed by atoms with van der Waals surface area (Å²) in [6.07, 6.45) is 0. The zero-order chi connectivity index (χ0) is 9.84. The predicted molar refractivity (Wildman–Crippen MR) is 48.7 cm³/mol. The van der Waals surface area contributed by atoms with Crippen molar-refractivity contribution < 1.29 is 13.9 Å². The highest BCUT2D eigenvalue weighted by Crippen LogP contribution is 2.20. The number of halogens is 3. The van der Waals surface area contributed by atoms with E-state index < -0.39 is 17.4 Å². The quantitative estimate of drug-likeness (QED) is 0.551. The van der Waals surface area contributed by atoms with E-state index in [1.54, 1.807) is 0 Å². The zero-order valence-corrected chi connectivity index (χ0v) is 8.03. The van der Waals surface area contributed by atoms with E-state index in [0.717, 1.165) is 6.07 Å². The van der Waals surface area contributed by atoms with Gasteiger partial charge in [-0.05, 0) is 12.1 Å². The first-order valence-corrected chi connectivity index (χ1v) is 4.50. The molecule has 0 atom stereocenters. The SMILES string of the molecule is Oc1ccc(C#CCBr)c(F)c1F. The molecule has 0 heterocycles. The van der Waals surface area contributed by atoms with Crippen LogP contribution in [0.15, 0.2) is 12.1 Å². The summed E-state index contributed by atoms with van der Waals surface area (Å²) in [5.41, 5.74) is -0.0604. The summed E-state index contributed by atoms with van der Waals surface area (Å²) >= 11 is 3.03. The monoisotopic (exact) mass is 246 g/mol. The van der Waals surface area contributed by atoms with Gasteiger partial charge >= 0.3 is 0 Å². The summed E-state index contributed by atoms with van der Waals surface area (Å²) in [7, 11) is 0. The van der Waals surface area contributed by atoms with E-state index in [4.69, 9.17) is 5.11 Å². The Hall–Kier alpha value is -1.08. The molecule has 0 aromatic heterocycles. The van der Waals surface area contributed by atoms with Crippen molar-refractivity contribution in [3.05, 3.63) is 29.3 Å². The lowest BCUT2D eigenvalue weighted by Crippen LogP contribution is -1.89. The van der Waals surface area contributed by atoms with Gasteiger partial charge in [0.2, 0.25) is 5.82 Å². The number of rotatable bonds is 0. The maximum atomic E-state index is 12.9. The average Bonchev–Trinajstić information content (AvgIpc) is 2.13. The molecule has 0 aliphatic heterocycles. The lowest BCUT2D eigenvalue weighted by Gasteiger charge is -1.97. The molecule has 1 N–H and O–H groups in total. The molecule has 0 saturated carbocycles. The standard InChI is InChI=1S/C9H5BrF2O/c10-5-1-2-6-3-4-7(13)9(12)8(6)11/h3-4,13H,5H2. The van der Waals surface area contributed by atoms with Gasteiger partial charge in [-0.2, -0.15) is 4.39 Å². The van der Waals surface area contributed by atoms with Crippen molar-refractivity contribution in [1.29, 1.82) is 0 Å². The van der Waals surface area contributed by atoms with Gasteiger partial charge in [0, 0.05) is 0 Å². The lowest BCUT2D eigenvalue weighted by molar-refractivity contribution is 0.406. The number of hydrogen-bond donors (Lipinski definition) is 1. The maximum Gasteiger partial charge on any atom is 0.201 e. The highest BCUT2D eigenvalue weighted by atomic mass is 79.9. The Labute approximate surface area is 82.5 Å². The van der Waals surface area contributed by atoms with Crippen molar-refractivity contribution in [3.8, 4) is 17.6 Å². The molecule has 0 amide bonds. The van der Waals surface area contributed by atoms with Crippen molar-refractivity contribution in [3.63, 3.8) is 0 Å². The minimum absolute atomic E-state index is 0.0604. The Morgan fingerprint density at radius 3 is 2.62 bits per heavy atom. The van der Waals surface area contributed by atoms with Crippen LogP contribution in [0, 0.1) is 23.5 Å². The molecule has 0 saturated heterocycles. The third kappa shape index (κ3) is 2.19. The number of hydrogen-bond acceptors (Lipinski definition) is 1. The highest BCUT2D eigenvalue weighted by molar-refractivity contribution is 9.09. The topological polar surface area (TPSA) is 20.2 Å². The normalized spacial score (nSPS) is 9.15. The van der Waals surface area contributed by atoms with Crippen LogP contribution in [0.2, 0.25) is 0 Å². The summed E-state index contributed by atoms with van der Waals surface area (Å²) < 4.78 is 25.6. The van der Waals surface area contributed by atoms with Crippen LogP contribution in [0.25, 0.3) is 0 Å². The minimum Gasteiger partial charge on any atom is -0.505 e. The molecule has 68 valence electrons. The molecule has 0 radical (unpaired) electrons. The van der Waals surface area contributed by atoms with Crippen molar-refractivity contribution in [2.75, 3.05) is 5.33 Å². The average molecular weight is 247 g/mol. The van der Waals surface area contributed by atoms with Gasteiger partial charge in [0.05, 0.1) is 10.9 Å². The Morgan fingerprint density at radius 2 is 2.00 bits per heavy atom.